The second-order valence-corrected chi connectivity index (χ2v) is 6.82. The number of rotatable bonds is 18. The second kappa shape index (κ2) is 17.0. The molecule has 8 heteroatoms. The molecule has 0 heterocycles. The van der Waals surface area contributed by atoms with Crippen molar-refractivity contribution in [2.45, 2.75) is 96.5 Å². The third-order valence-corrected chi connectivity index (χ3v) is 4.17. The van der Waals surface area contributed by atoms with Crippen LogP contribution in [0.5, 0.6) is 0 Å². The van der Waals surface area contributed by atoms with Gasteiger partial charge in [0, 0.05) is 32.1 Å². The maximum Gasteiger partial charge on any atom is 0.306 e. The Labute approximate surface area is 166 Å². The lowest BCUT2D eigenvalue weighted by Crippen LogP contribution is -2.21. The average Bonchev–Trinajstić information content (AvgIpc) is 2.62. The number of esters is 2. The quantitative estimate of drug-likeness (QED) is 0.262. The molecule has 28 heavy (non-hydrogen) atoms. The molecule has 0 spiro atoms. The third kappa shape index (κ3) is 17.3. The maximum absolute atomic E-state index is 11.9. The van der Waals surface area contributed by atoms with Crippen LogP contribution in [0.4, 0.5) is 0 Å². The van der Waals surface area contributed by atoms with Gasteiger partial charge in [-0.1, -0.05) is 19.8 Å². The first-order valence-corrected chi connectivity index (χ1v) is 10.1. The van der Waals surface area contributed by atoms with E-state index in [2.05, 4.69) is 6.92 Å². The molecule has 0 aliphatic carbocycles. The van der Waals surface area contributed by atoms with Crippen LogP contribution in [0.25, 0.3) is 0 Å². The first-order valence-electron chi connectivity index (χ1n) is 10.1. The third-order valence-electron chi connectivity index (χ3n) is 4.17. The summed E-state index contributed by atoms with van der Waals surface area (Å²) in [6, 6.07) is 0. The van der Waals surface area contributed by atoms with Crippen LogP contribution in [0.2, 0.25) is 0 Å². The van der Waals surface area contributed by atoms with Crippen molar-refractivity contribution in [2.75, 3.05) is 6.61 Å². The number of carbonyl (C=O) groups excluding carboxylic acids is 2. The predicted octanol–water partition coefficient (Wildman–Crippen LogP) is 3.70. The highest BCUT2D eigenvalue weighted by Crippen LogP contribution is 2.13. The zero-order valence-corrected chi connectivity index (χ0v) is 16.8. The van der Waals surface area contributed by atoms with Crippen LogP contribution < -0.4 is 0 Å². The van der Waals surface area contributed by atoms with E-state index in [1.54, 1.807) is 0 Å². The van der Waals surface area contributed by atoms with E-state index in [9.17, 15) is 19.2 Å². The topological polar surface area (TPSA) is 127 Å². The number of carboxylic acids is 2. The van der Waals surface area contributed by atoms with Gasteiger partial charge in [-0.05, 0) is 38.5 Å². The van der Waals surface area contributed by atoms with E-state index >= 15 is 0 Å². The van der Waals surface area contributed by atoms with Crippen LogP contribution in [0.3, 0.4) is 0 Å². The average molecular weight is 402 g/mol. The van der Waals surface area contributed by atoms with Gasteiger partial charge >= 0.3 is 23.9 Å². The Morgan fingerprint density at radius 1 is 0.714 bits per heavy atom. The lowest BCUT2D eigenvalue weighted by Gasteiger charge is -2.18. The first kappa shape index (κ1) is 25.9. The zero-order valence-electron chi connectivity index (χ0n) is 16.8. The molecule has 0 aromatic heterocycles. The van der Waals surface area contributed by atoms with Gasteiger partial charge < -0.3 is 19.7 Å². The normalized spacial score (nSPS) is 11.6. The Balaban J connectivity index is 4.11. The Hall–Kier alpha value is -2.12. The van der Waals surface area contributed by atoms with Gasteiger partial charge in [-0.2, -0.15) is 0 Å². The van der Waals surface area contributed by atoms with Crippen molar-refractivity contribution < 1.29 is 38.9 Å². The Morgan fingerprint density at radius 3 is 1.79 bits per heavy atom. The van der Waals surface area contributed by atoms with Crippen molar-refractivity contribution in [3.05, 3.63) is 0 Å². The Kier molecular flexibility index (Phi) is 15.7. The highest BCUT2D eigenvalue weighted by Gasteiger charge is 2.15. The molecule has 0 bridgehead atoms. The van der Waals surface area contributed by atoms with Gasteiger partial charge in [-0.15, -0.1) is 0 Å². The largest absolute Gasteiger partial charge is 0.481 e. The summed E-state index contributed by atoms with van der Waals surface area (Å²) in [5, 5.41) is 17.1. The summed E-state index contributed by atoms with van der Waals surface area (Å²) in [6.07, 6.45) is 6.02. The fraction of sp³-hybridized carbons (Fsp3) is 0.800. The molecule has 0 aromatic carbocycles. The molecule has 2 N–H and O–H groups in total. The monoisotopic (exact) mass is 402 g/mol. The molecular weight excluding hydrogens is 368 g/mol. The summed E-state index contributed by atoms with van der Waals surface area (Å²) < 4.78 is 10.6. The van der Waals surface area contributed by atoms with Gasteiger partial charge in [0.1, 0.15) is 6.10 Å². The first-order chi connectivity index (χ1) is 13.3. The van der Waals surface area contributed by atoms with Crippen molar-refractivity contribution in [3.8, 4) is 0 Å². The molecule has 0 fully saturated rings. The van der Waals surface area contributed by atoms with E-state index < -0.39 is 11.9 Å². The molecule has 1 unspecified atom stereocenters. The molecule has 0 aliphatic heterocycles. The van der Waals surface area contributed by atoms with Crippen molar-refractivity contribution in [1.82, 2.24) is 0 Å². The molecule has 0 rings (SSSR count). The molecule has 162 valence electrons. The van der Waals surface area contributed by atoms with Gasteiger partial charge in [-0.3, -0.25) is 19.2 Å². The Bertz CT molecular complexity index is 475. The van der Waals surface area contributed by atoms with Gasteiger partial charge in [0.25, 0.3) is 0 Å². The molecular formula is C20H34O8. The predicted molar refractivity (Wildman–Crippen MR) is 102 cm³/mol. The minimum absolute atomic E-state index is 0.0369. The minimum atomic E-state index is -0.881. The van der Waals surface area contributed by atoms with Crippen molar-refractivity contribution >= 4 is 23.9 Å². The van der Waals surface area contributed by atoms with E-state index in [0.29, 0.717) is 38.5 Å². The highest BCUT2D eigenvalue weighted by molar-refractivity contribution is 5.70. The summed E-state index contributed by atoms with van der Waals surface area (Å²) >= 11 is 0. The maximum atomic E-state index is 11.9. The molecule has 0 amide bonds. The van der Waals surface area contributed by atoms with Crippen molar-refractivity contribution in [3.63, 3.8) is 0 Å². The number of unbranched alkanes of at least 4 members (excludes halogenated alkanes) is 4. The van der Waals surface area contributed by atoms with Gasteiger partial charge in [0.15, 0.2) is 0 Å². The van der Waals surface area contributed by atoms with E-state index in [1.807, 2.05) is 0 Å². The standard InChI is InChI=1S/C20H34O8/c1-2-3-4-9-16(28-20(26)13-8-6-11-18(23)24)14-15-27-19(25)12-7-5-10-17(21)22/h16H,2-15H2,1H3,(H,21,22)(H,23,24). The molecule has 0 saturated carbocycles. The summed E-state index contributed by atoms with van der Waals surface area (Å²) in [5.74, 6) is -2.49. The molecule has 8 nitrogen and oxygen atoms in total. The number of aliphatic carboxylic acids is 2. The SMILES string of the molecule is CCCCCC(CCOC(=O)CCCCC(=O)O)OC(=O)CCCCC(=O)O. The molecule has 1 atom stereocenters. The second-order valence-electron chi connectivity index (χ2n) is 6.82. The van der Waals surface area contributed by atoms with Gasteiger partial charge in [0.05, 0.1) is 6.61 Å². The van der Waals surface area contributed by atoms with Crippen LogP contribution in [-0.4, -0.2) is 46.8 Å². The lowest BCUT2D eigenvalue weighted by molar-refractivity contribution is -0.152. The van der Waals surface area contributed by atoms with E-state index in [4.69, 9.17) is 19.7 Å². The molecule has 0 radical (unpaired) electrons. The van der Waals surface area contributed by atoms with E-state index in [-0.39, 0.29) is 50.3 Å². The minimum Gasteiger partial charge on any atom is -0.481 e. The molecule has 0 saturated heterocycles. The zero-order chi connectivity index (χ0) is 21.2. The fourth-order valence-corrected chi connectivity index (χ4v) is 2.60. The fourth-order valence-electron chi connectivity index (χ4n) is 2.60. The van der Waals surface area contributed by atoms with Crippen molar-refractivity contribution in [1.29, 1.82) is 0 Å². The van der Waals surface area contributed by atoms with Gasteiger partial charge in [0.2, 0.25) is 0 Å². The highest BCUT2D eigenvalue weighted by atomic mass is 16.6. The van der Waals surface area contributed by atoms with Crippen LogP contribution >= 0.6 is 0 Å². The van der Waals surface area contributed by atoms with Crippen LogP contribution in [0.1, 0.15) is 90.4 Å². The number of carbonyl (C=O) groups is 4. The van der Waals surface area contributed by atoms with Gasteiger partial charge in [-0.25, -0.2) is 0 Å². The number of ether oxygens (including phenoxy) is 2. The summed E-state index contributed by atoms with van der Waals surface area (Å²) in [7, 11) is 0. The van der Waals surface area contributed by atoms with E-state index in [1.165, 1.54) is 0 Å². The van der Waals surface area contributed by atoms with Crippen LogP contribution in [-0.2, 0) is 28.7 Å². The summed E-state index contributed by atoms with van der Waals surface area (Å²) in [4.78, 5) is 44.5. The van der Waals surface area contributed by atoms with E-state index in [0.717, 1.165) is 19.3 Å². The number of hydrogen-bond donors (Lipinski definition) is 2. The van der Waals surface area contributed by atoms with Crippen molar-refractivity contribution in [2.24, 2.45) is 0 Å². The van der Waals surface area contributed by atoms with Crippen LogP contribution in [0.15, 0.2) is 0 Å². The Morgan fingerprint density at radius 2 is 1.25 bits per heavy atom. The number of carboxylic acid groups (broad SMARTS) is 2. The molecule has 0 aromatic rings. The lowest BCUT2D eigenvalue weighted by atomic mass is 10.1. The molecule has 0 aliphatic rings. The number of hydrogen-bond acceptors (Lipinski definition) is 6. The van der Waals surface area contributed by atoms with Crippen LogP contribution in [0, 0.1) is 0 Å². The summed E-state index contributed by atoms with van der Waals surface area (Å²) in [5.41, 5.74) is 0. The summed E-state index contributed by atoms with van der Waals surface area (Å²) in [6.45, 7) is 2.23. The smallest absolute Gasteiger partial charge is 0.306 e.